The summed E-state index contributed by atoms with van der Waals surface area (Å²) in [4.78, 5) is 2.42. The lowest BCUT2D eigenvalue weighted by molar-refractivity contribution is -0.783. The fourth-order valence-corrected chi connectivity index (χ4v) is 5.09. The smallest absolute Gasteiger partial charge is 0.260 e. The second-order valence-electron chi connectivity index (χ2n) is 8.75. The number of hydrogen-bond acceptors (Lipinski definition) is 6. The van der Waals surface area contributed by atoms with Crippen LogP contribution in [-0.2, 0) is 0 Å². The summed E-state index contributed by atoms with van der Waals surface area (Å²) in [6, 6.07) is 16.7. The van der Waals surface area contributed by atoms with Crippen molar-refractivity contribution in [3.05, 3.63) is 75.4 Å². The summed E-state index contributed by atoms with van der Waals surface area (Å²) in [5, 5.41) is 24.3. The summed E-state index contributed by atoms with van der Waals surface area (Å²) in [6.07, 6.45) is 2.56. The fourth-order valence-electron chi connectivity index (χ4n) is 4.48. The van der Waals surface area contributed by atoms with E-state index in [0.717, 1.165) is 42.2 Å². The Kier molecular flexibility index (Phi) is 7.13. The van der Waals surface area contributed by atoms with Crippen LogP contribution in [0.5, 0.6) is 5.75 Å². The molecule has 0 amide bonds. The van der Waals surface area contributed by atoms with Crippen molar-refractivity contribution in [1.29, 1.82) is 0 Å². The molecule has 182 valence electrons. The first-order chi connectivity index (χ1) is 17.0. The van der Waals surface area contributed by atoms with Gasteiger partial charge in [0.15, 0.2) is 5.69 Å². The Morgan fingerprint density at radius 2 is 1.80 bits per heavy atom. The number of nitrogens with zero attached hydrogens (tertiary/aromatic N) is 2. The minimum absolute atomic E-state index is 0.337. The number of likely N-dealkylation sites (tertiary alicyclic amines) is 1. The molecule has 0 aliphatic carbocycles. The van der Waals surface area contributed by atoms with Crippen molar-refractivity contribution in [2.24, 2.45) is 5.10 Å². The molecule has 35 heavy (non-hydrogen) atoms. The topological polar surface area (TPSA) is 76.4 Å². The maximum absolute atomic E-state index is 12.9. The van der Waals surface area contributed by atoms with Crippen LogP contribution >= 0.6 is 23.2 Å². The second-order valence-corrected chi connectivity index (χ2v) is 9.56. The van der Waals surface area contributed by atoms with Crippen molar-refractivity contribution >= 4 is 46.2 Å². The van der Waals surface area contributed by atoms with Crippen LogP contribution in [0.25, 0.3) is 11.1 Å². The van der Waals surface area contributed by atoms with Gasteiger partial charge in [0.25, 0.3) is 5.96 Å². The Bertz CT molecular complexity index is 1220. The number of ether oxygens (including phenoxy) is 1. The Balaban J connectivity index is 1.27. The van der Waals surface area contributed by atoms with Crippen molar-refractivity contribution in [1.82, 2.24) is 4.90 Å². The Hall–Kier alpha value is -2.81. The highest BCUT2D eigenvalue weighted by Crippen LogP contribution is 2.38. The maximum Gasteiger partial charge on any atom is 0.260 e. The number of guanidine groups is 1. The number of anilines is 2. The van der Waals surface area contributed by atoms with E-state index >= 15 is 0 Å². The summed E-state index contributed by atoms with van der Waals surface area (Å²) in [7, 11) is 0. The number of nitrogens with one attached hydrogen (secondary N) is 3. The van der Waals surface area contributed by atoms with Crippen LogP contribution in [0.1, 0.15) is 18.4 Å². The fraction of sp³-hybridized carbons (Fsp3) is 0.269. The van der Waals surface area contributed by atoms with E-state index < -0.39 is 0 Å². The van der Waals surface area contributed by atoms with Gasteiger partial charge < -0.3 is 20.6 Å². The van der Waals surface area contributed by atoms with E-state index in [1.165, 1.54) is 12.8 Å². The largest absolute Gasteiger partial charge is 0.601 e. The van der Waals surface area contributed by atoms with Gasteiger partial charge in [-0.2, -0.15) is 0 Å². The first-order valence-electron chi connectivity index (χ1n) is 11.7. The van der Waals surface area contributed by atoms with Gasteiger partial charge in [-0.3, -0.25) is 4.90 Å². The van der Waals surface area contributed by atoms with Gasteiger partial charge in [0.2, 0.25) is 0 Å². The minimum atomic E-state index is -0.337. The first-order valence-corrected chi connectivity index (χ1v) is 12.4. The summed E-state index contributed by atoms with van der Waals surface area (Å²) in [5.74, 6) is 1.19. The summed E-state index contributed by atoms with van der Waals surface area (Å²) >= 11 is 12.8. The van der Waals surface area contributed by atoms with Crippen LogP contribution in [0.15, 0.2) is 59.7 Å². The number of fused-ring (bicyclic) bond motifs is 1. The first kappa shape index (κ1) is 23.9. The number of halogens is 2. The molecule has 1 saturated heterocycles. The molecule has 0 aromatic heterocycles. The van der Waals surface area contributed by atoms with E-state index in [2.05, 4.69) is 20.6 Å². The predicted octanol–water partition coefficient (Wildman–Crippen LogP) is 5.27. The average molecular weight is 512 g/mol. The normalized spacial score (nSPS) is 17.5. The molecular formula is C26H27Cl2N5O2. The van der Waals surface area contributed by atoms with Gasteiger partial charge in [-0.05, 0) is 91.5 Å². The van der Waals surface area contributed by atoms with E-state index in [1.54, 1.807) is 24.3 Å². The molecule has 0 spiro atoms. The maximum atomic E-state index is 12.9. The standard InChI is InChI=1S/C26H27Cl2N5O2/c1-17-15-18(24-21(27)5-4-6-22(24)28)16-23-25(17)30-26(31-33(23)34)29-19-7-9-20(10-8-19)35-14-13-32-11-2-3-12-32/h4-10,15-16,33H,2-3,11-14H2,1H3,(H2,29,30,31). The number of benzene rings is 3. The monoisotopic (exact) mass is 511 g/mol. The molecule has 7 nitrogen and oxygen atoms in total. The van der Waals surface area contributed by atoms with Crippen LogP contribution in [-0.4, -0.2) is 37.1 Å². The van der Waals surface area contributed by atoms with Gasteiger partial charge in [0, 0.05) is 33.9 Å². The third kappa shape index (κ3) is 5.39. The molecule has 2 aliphatic heterocycles. The molecule has 0 saturated carbocycles. The van der Waals surface area contributed by atoms with Gasteiger partial charge in [0.05, 0.1) is 0 Å². The Labute approximate surface area is 214 Å². The summed E-state index contributed by atoms with van der Waals surface area (Å²) in [5.41, 5.74) is 4.35. The predicted molar refractivity (Wildman–Crippen MR) is 143 cm³/mol. The van der Waals surface area contributed by atoms with Crippen LogP contribution in [0.2, 0.25) is 10.0 Å². The quantitative estimate of drug-likeness (QED) is 0.393. The van der Waals surface area contributed by atoms with Crippen molar-refractivity contribution < 1.29 is 9.91 Å². The van der Waals surface area contributed by atoms with Crippen LogP contribution < -0.4 is 20.5 Å². The zero-order valence-corrected chi connectivity index (χ0v) is 20.9. The second kappa shape index (κ2) is 10.4. The molecule has 2 heterocycles. The highest BCUT2D eigenvalue weighted by Gasteiger charge is 2.23. The molecule has 0 bridgehead atoms. The lowest BCUT2D eigenvalue weighted by atomic mass is 10.0. The third-order valence-electron chi connectivity index (χ3n) is 6.27. The van der Waals surface area contributed by atoms with Crippen LogP contribution in [0, 0.1) is 12.1 Å². The Morgan fingerprint density at radius 3 is 2.51 bits per heavy atom. The molecule has 3 aromatic rings. The van der Waals surface area contributed by atoms with Gasteiger partial charge >= 0.3 is 0 Å². The van der Waals surface area contributed by atoms with Gasteiger partial charge in [-0.1, -0.05) is 29.3 Å². The molecule has 1 unspecified atom stereocenters. The van der Waals surface area contributed by atoms with Gasteiger partial charge in [0.1, 0.15) is 18.0 Å². The zero-order valence-electron chi connectivity index (χ0n) is 19.4. The number of rotatable bonds is 6. The molecule has 5 rings (SSSR count). The van der Waals surface area contributed by atoms with Gasteiger partial charge in [-0.25, -0.2) is 5.17 Å². The van der Waals surface area contributed by atoms with E-state index in [1.807, 2.05) is 37.3 Å². The molecule has 3 aromatic carbocycles. The third-order valence-corrected chi connectivity index (χ3v) is 6.90. The lowest BCUT2D eigenvalue weighted by Gasteiger charge is -2.27. The SMILES string of the molecule is Cc1cc(-c2c(Cl)cccc2Cl)cc2c1NC(Nc1ccc(OCCN3CCCC3)cc1)=N[NH+]2[O-]. The van der Waals surface area contributed by atoms with Crippen molar-refractivity contribution in [2.75, 3.05) is 36.9 Å². The Morgan fingerprint density at radius 1 is 1.09 bits per heavy atom. The minimum Gasteiger partial charge on any atom is -0.601 e. The van der Waals surface area contributed by atoms with E-state index in [0.29, 0.717) is 39.5 Å². The number of quaternary nitrogens is 1. The molecule has 2 aliphatic rings. The van der Waals surface area contributed by atoms with Crippen molar-refractivity contribution in [2.45, 2.75) is 19.8 Å². The average Bonchev–Trinajstić information content (AvgIpc) is 3.35. The number of aryl methyl sites for hydroxylation is 1. The molecular weight excluding hydrogens is 485 g/mol. The highest BCUT2D eigenvalue weighted by molar-refractivity contribution is 6.39. The van der Waals surface area contributed by atoms with E-state index in [-0.39, 0.29) is 5.17 Å². The summed E-state index contributed by atoms with van der Waals surface area (Å²) in [6.45, 7) is 5.89. The molecule has 0 radical (unpaired) electrons. The van der Waals surface area contributed by atoms with Crippen molar-refractivity contribution in [3.63, 3.8) is 0 Å². The van der Waals surface area contributed by atoms with Crippen LogP contribution in [0.3, 0.4) is 0 Å². The number of hydrogen-bond donors (Lipinski definition) is 3. The van der Waals surface area contributed by atoms with Crippen LogP contribution in [0.4, 0.5) is 17.1 Å². The molecule has 1 atom stereocenters. The lowest BCUT2D eigenvalue weighted by Crippen LogP contribution is -2.98. The highest BCUT2D eigenvalue weighted by atomic mass is 35.5. The zero-order chi connectivity index (χ0) is 24.4. The van der Waals surface area contributed by atoms with E-state index in [9.17, 15) is 5.21 Å². The summed E-state index contributed by atoms with van der Waals surface area (Å²) < 4.78 is 5.87. The molecule has 9 heteroatoms. The van der Waals surface area contributed by atoms with Crippen molar-refractivity contribution in [3.8, 4) is 16.9 Å². The van der Waals surface area contributed by atoms with Gasteiger partial charge in [-0.15, -0.1) is 0 Å². The molecule has 1 fully saturated rings. The van der Waals surface area contributed by atoms with E-state index in [4.69, 9.17) is 27.9 Å². The molecule has 3 N–H and O–H groups in total.